The molecule has 9 heteroatoms. The fourth-order valence-corrected chi connectivity index (χ4v) is 2.15. The molecule has 0 aliphatic heterocycles. The van der Waals surface area contributed by atoms with Crippen molar-refractivity contribution in [3.63, 3.8) is 0 Å². The molecule has 0 aromatic rings. The molecule has 0 aromatic heterocycles. The molecular weight excluding hydrogens is 289 g/mol. The predicted molar refractivity (Wildman–Crippen MR) is 56.9 cm³/mol. The van der Waals surface area contributed by atoms with E-state index in [4.69, 9.17) is 9.59 Å². The summed E-state index contributed by atoms with van der Waals surface area (Å²) in [6.07, 6.45) is 3.16. The van der Waals surface area contributed by atoms with E-state index in [2.05, 4.69) is 4.18 Å². The summed E-state index contributed by atoms with van der Waals surface area (Å²) in [4.78, 5) is 16.2. The standard InChI is InChI=1S/C9H13F3O3S.CO2/c1-2-7-5-3-4-6-8(7)15-16(13,14)9(10,11)12;2-1-3/h2-6H2,1H3;. The molecular formula is C10H13F3O5S. The van der Waals surface area contributed by atoms with Crippen LogP contribution in [-0.4, -0.2) is 20.1 Å². The van der Waals surface area contributed by atoms with Crippen LogP contribution in [0.4, 0.5) is 13.2 Å². The third-order valence-corrected chi connectivity index (χ3v) is 3.43. The number of alkyl halides is 3. The fourth-order valence-electron chi connectivity index (χ4n) is 1.59. The minimum Gasteiger partial charge on any atom is -0.381 e. The highest BCUT2D eigenvalue weighted by atomic mass is 32.2. The van der Waals surface area contributed by atoms with E-state index in [1.165, 1.54) is 0 Å². The second-order valence-electron chi connectivity index (χ2n) is 3.65. The van der Waals surface area contributed by atoms with Gasteiger partial charge in [-0.05, 0) is 31.3 Å². The Morgan fingerprint density at radius 1 is 1.21 bits per heavy atom. The van der Waals surface area contributed by atoms with Gasteiger partial charge in [-0.25, -0.2) is 0 Å². The Bertz CT molecular complexity index is 458. The third-order valence-electron chi connectivity index (χ3n) is 2.45. The van der Waals surface area contributed by atoms with E-state index in [9.17, 15) is 21.6 Å². The smallest absolute Gasteiger partial charge is 0.381 e. The van der Waals surface area contributed by atoms with Gasteiger partial charge >= 0.3 is 21.8 Å². The van der Waals surface area contributed by atoms with E-state index in [-0.39, 0.29) is 18.3 Å². The topological polar surface area (TPSA) is 77.5 Å². The summed E-state index contributed by atoms with van der Waals surface area (Å²) >= 11 is 0. The molecule has 0 atom stereocenters. The van der Waals surface area contributed by atoms with E-state index in [0.29, 0.717) is 24.8 Å². The van der Waals surface area contributed by atoms with Crippen LogP contribution in [0.15, 0.2) is 11.3 Å². The average molecular weight is 302 g/mol. The minimum atomic E-state index is -5.50. The molecule has 0 heterocycles. The normalized spacial score (nSPS) is 16.2. The number of allylic oxidation sites excluding steroid dienone is 2. The Morgan fingerprint density at radius 3 is 2.11 bits per heavy atom. The van der Waals surface area contributed by atoms with Crippen LogP contribution in [0.1, 0.15) is 39.0 Å². The highest BCUT2D eigenvalue weighted by molar-refractivity contribution is 7.87. The van der Waals surface area contributed by atoms with E-state index < -0.39 is 15.6 Å². The molecule has 19 heavy (non-hydrogen) atoms. The van der Waals surface area contributed by atoms with Crippen molar-refractivity contribution in [1.29, 1.82) is 0 Å². The minimum absolute atomic E-state index is 0.0222. The lowest BCUT2D eigenvalue weighted by Gasteiger charge is -2.20. The van der Waals surface area contributed by atoms with Gasteiger partial charge < -0.3 is 4.18 Å². The maximum atomic E-state index is 12.1. The van der Waals surface area contributed by atoms with Crippen LogP contribution in [0.5, 0.6) is 0 Å². The lowest BCUT2D eigenvalue weighted by molar-refractivity contribution is -0.191. The van der Waals surface area contributed by atoms with Crippen LogP contribution in [0.25, 0.3) is 0 Å². The molecule has 0 aromatic carbocycles. The molecule has 110 valence electrons. The highest BCUT2D eigenvalue weighted by Crippen LogP contribution is 2.33. The van der Waals surface area contributed by atoms with Crippen LogP contribution in [0, 0.1) is 0 Å². The van der Waals surface area contributed by atoms with Crippen LogP contribution < -0.4 is 0 Å². The molecule has 0 bridgehead atoms. The second-order valence-corrected chi connectivity index (χ2v) is 5.19. The lowest BCUT2D eigenvalue weighted by atomic mass is 9.96. The maximum absolute atomic E-state index is 12.1. The van der Waals surface area contributed by atoms with E-state index in [1.807, 2.05) is 0 Å². The largest absolute Gasteiger partial charge is 0.534 e. The maximum Gasteiger partial charge on any atom is 0.534 e. The van der Waals surface area contributed by atoms with Crippen molar-refractivity contribution in [2.24, 2.45) is 0 Å². The zero-order valence-corrected chi connectivity index (χ0v) is 10.9. The fraction of sp³-hybridized carbons (Fsp3) is 0.700. The van der Waals surface area contributed by atoms with Crippen LogP contribution in [0.3, 0.4) is 0 Å². The quantitative estimate of drug-likeness (QED) is 0.591. The monoisotopic (exact) mass is 302 g/mol. The predicted octanol–water partition coefficient (Wildman–Crippen LogP) is 2.51. The first-order valence-corrected chi connectivity index (χ1v) is 6.81. The first-order chi connectivity index (χ1) is 8.69. The number of rotatable bonds is 3. The Labute approximate surface area is 108 Å². The first-order valence-electron chi connectivity index (χ1n) is 5.40. The van der Waals surface area contributed by atoms with Gasteiger partial charge in [-0.15, -0.1) is 0 Å². The SMILES string of the molecule is CCC1=C(OS(=O)(=O)C(F)(F)F)CCCC1.O=C=O. The summed E-state index contributed by atoms with van der Waals surface area (Å²) in [5.41, 5.74) is -4.69. The van der Waals surface area contributed by atoms with Crippen molar-refractivity contribution in [2.75, 3.05) is 0 Å². The molecule has 0 saturated carbocycles. The van der Waals surface area contributed by atoms with Gasteiger partial charge in [0.1, 0.15) is 5.76 Å². The van der Waals surface area contributed by atoms with E-state index in [1.54, 1.807) is 6.92 Å². The molecule has 1 aliphatic carbocycles. The van der Waals surface area contributed by atoms with Gasteiger partial charge in [-0.1, -0.05) is 6.92 Å². The Hall–Kier alpha value is -1.34. The summed E-state index contributed by atoms with van der Waals surface area (Å²) in [5.74, 6) is -0.0222. The summed E-state index contributed by atoms with van der Waals surface area (Å²) < 4.78 is 62.0. The number of hydrogen-bond acceptors (Lipinski definition) is 5. The zero-order chi connectivity index (χ0) is 15.1. The summed E-state index contributed by atoms with van der Waals surface area (Å²) in [6, 6.07) is 0. The summed E-state index contributed by atoms with van der Waals surface area (Å²) in [6.45, 7) is 1.77. The molecule has 5 nitrogen and oxygen atoms in total. The number of hydrogen-bond donors (Lipinski definition) is 0. The zero-order valence-electron chi connectivity index (χ0n) is 10.1. The van der Waals surface area contributed by atoms with Crippen molar-refractivity contribution in [3.8, 4) is 0 Å². The molecule has 0 N–H and O–H groups in total. The van der Waals surface area contributed by atoms with Crippen molar-refractivity contribution in [1.82, 2.24) is 0 Å². The van der Waals surface area contributed by atoms with Crippen molar-refractivity contribution >= 4 is 16.3 Å². The van der Waals surface area contributed by atoms with Crippen LogP contribution in [-0.2, 0) is 23.9 Å². The Morgan fingerprint density at radius 2 is 1.68 bits per heavy atom. The third kappa shape index (κ3) is 5.44. The van der Waals surface area contributed by atoms with Crippen molar-refractivity contribution in [2.45, 2.75) is 44.5 Å². The van der Waals surface area contributed by atoms with Gasteiger partial charge in [0.25, 0.3) is 0 Å². The second kappa shape index (κ2) is 7.30. The average Bonchev–Trinajstić information content (AvgIpc) is 2.28. The lowest BCUT2D eigenvalue weighted by Crippen LogP contribution is -2.26. The number of carbonyl (C=O) groups excluding carboxylic acids is 2. The molecule has 0 unspecified atom stereocenters. The van der Waals surface area contributed by atoms with E-state index in [0.717, 1.165) is 6.42 Å². The Balaban J connectivity index is 0.000000982. The molecule has 0 radical (unpaired) electrons. The summed E-state index contributed by atoms with van der Waals surface area (Å²) in [5, 5.41) is 0. The van der Waals surface area contributed by atoms with Gasteiger partial charge in [0, 0.05) is 6.42 Å². The molecule has 0 saturated heterocycles. The van der Waals surface area contributed by atoms with Crippen molar-refractivity contribution < 1.29 is 35.4 Å². The van der Waals surface area contributed by atoms with Crippen molar-refractivity contribution in [3.05, 3.63) is 11.3 Å². The first kappa shape index (κ1) is 17.7. The number of halogens is 3. The van der Waals surface area contributed by atoms with Crippen LogP contribution in [0.2, 0.25) is 0 Å². The molecule has 1 rings (SSSR count). The summed E-state index contributed by atoms with van der Waals surface area (Å²) in [7, 11) is -5.50. The molecule has 0 amide bonds. The molecule has 1 aliphatic rings. The van der Waals surface area contributed by atoms with Gasteiger partial charge in [-0.3, -0.25) is 0 Å². The molecule has 0 spiro atoms. The highest BCUT2D eigenvalue weighted by Gasteiger charge is 2.49. The van der Waals surface area contributed by atoms with Gasteiger partial charge in [-0.2, -0.15) is 31.2 Å². The Kier molecular flexibility index (Phi) is 6.78. The van der Waals surface area contributed by atoms with Gasteiger partial charge in [0.15, 0.2) is 0 Å². The molecule has 0 fully saturated rings. The van der Waals surface area contributed by atoms with Gasteiger partial charge in [0.2, 0.25) is 0 Å². The van der Waals surface area contributed by atoms with E-state index >= 15 is 0 Å². The van der Waals surface area contributed by atoms with Crippen LogP contribution >= 0.6 is 0 Å². The van der Waals surface area contributed by atoms with Gasteiger partial charge in [0.05, 0.1) is 0 Å².